The Morgan fingerprint density at radius 2 is 2.16 bits per heavy atom. The molecule has 3 rings (SSSR count). The van der Waals surface area contributed by atoms with Crippen LogP contribution in [-0.4, -0.2) is 26.4 Å². The van der Waals surface area contributed by atoms with E-state index in [4.69, 9.17) is 0 Å². The molecule has 0 saturated carbocycles. The van der Waals surface area contributed by atoms with Gasteiger partial charge in [0, 0.05) is 38.1 Å². The number of aliphatic hydroxyl groups excluding tert-OH is 1. The first-order valence-corrected chi connectivity index (χ1v) is 6.69. The van der Waals surface area contributed by atoms with Crippen LogP contribution in [0.2, 0.25) is 0 Å². The number of phenols is 1. The number of aromatic hydroxyl groups is 1. The van der Waals surface area contributed by atoms with Crippen molar-refractivity contribution in [3.05, 3.63) is 47.5 Å². The lowest BCUT2D eigenvalue weighted by Gasteiger charge is -2.21. The lowest BCUT2D eigenvalue weighted by Crippen LogP contribution is -2.22. The van der Waals surface area contributed by atoms with Gasteiger partial charge in [0.2, 0.25) is 0 Å². The van der Waals surface area contributed by atoms with Crippen LogP contribution in [0.5, 0.6) is 5.75 Å². The predicted octanol–water partition coefficient (Wildman–Crippen LogP) is 1.73. The summed E-state index contributed by atoms with van der Waals surface area (Å²) < 4.78 is 2.14. The molecule has 1 unspecified atom stereocenters. The van der Waals surface area contributed by atoms with Crippen molar-refractivity contribution in [2.75, 3.05) is 6.61 Å². The smallest absolute Gasteiger partial charge is 0.119 e. The topological polar surface area (TPSA) is 58.3 Å². The van der Waals surface area contributed by atoms with E-state index in [1.807, 2.05) is 24.4 Å². The second-order valence-corrected chi connectivity index (χ2v) is 5.19. The third kappa shape index (κ3) is 2.49. The minimum Gasteiger partial charge on any atom is -0.508 e. The van der Waals surface area contributed by atoms with Gasteiger partial charge in [0.1, 0.15) is 11.6 Å². The fourth-order valence-corrected chi connectivity index (χ4v) is 2.66. The van der Waals surface area contributed by atoms with Crippen molar-refractivity contribution in [3.8, 4) is 5.75 Å². The molecule has 2 aromatic rings. The first-order valence-electron chi connectivity index (χ1n) is 6.69. The molecule has 1 aliphatic heterocycles. The van der Waals surface area contributed by atoms with Crippen LogP contribution in [0.15, 0.2) is 30.5 Å². The van der Waals surface area contributed by atoms with E-state index in [9.17, 15) is 10.2 Å². The minimum absolute atomic E-state index is 0.242. The first-order chi connectivity index (χ1) is 9.26. The Bertz CT molecular complexity index is 577. The van der Waals surface area contributed by atoms with Crippen molar-refractivity contribution < 1.29 is 10.2 Å². The number of aliphatic hydroxyl groups is 1. The average molecular weight is 258 g/mol. The summed E-state index contributed by atoms with van der Waals surface area (Å²) in [7, 11) is 0. The van der Waals surface area contributed by atoms with E-state index in [0.29, 0.717) is 18.1 Å². The Balaban J connectivity index is 1.80. The summed E-state index contributed by atoms with van der Waals surface area (Å²) in [6.07, 6.45) is 4.62. The van der Waals surface area contributed by atoms with Crippen LogP contribution >= 0.6 is 0 Å². The summed E-state index contributed by atoms with van der Waals surface area (Å²) in [4.78, 5) is 4.63. The number of rotatable bonds is 3. The number of hydrogen-bond acceptors (Lipinski definition) is 3. The number of benzene rings is 1. The van der Waals surface area contributed by atoms with Gasteiger partial charge in [-0.15, -0.1) is 0 Å². The van der Waals surface area contributed by atoms with Crippen LogP contribution in [0.1, 0.15) is 23.5 Å². The number of imidazole rings is 1. The first kappa shape index (κ1) is 12.2. The molecular formula is C15H18N2O2. The molecule has 0 aliphatic carbocycles. The van der Waals surface area contributed by atoms with Crippen molar-refractivity contribution in [1.29, 1.82) is 0 Å². The maximum absolute atomic E-state index is 9.79. The maximum Gasteiger partial charge on any atom is 0.119 e. The maximum atomic E-state index is 9.79. The molecule has 0 bridgehead atoms. The molecular weight excluding hydrogens is 240 g/mol. The highest BCUT2D eigenvalue weighted by Gasteiger charge is 2.19. The fourth-order valence-electron chi connectivity index (χ4n) is 2.66. The second kappa shape index (κ2) is 5.05. The molecule has 2 N–H and O–H groups in total. The van der Waals surface area contributed by atoms with Crippen LogP contribution in [0.3, 0.4) is 0 Å². The number of aromatic nitrogens is 2. The zero-order valence-corrected chi connectivity index (χ0v) is 10.8. The van der Waals surface area contributed by atoms with Gasteiger partial charge in [-0.1, -0.05) is 18.2 Å². The quantitative estimate of drug-likeness (QED) is 0.881. The summed E-state index contributed by atoms with van der Waals surface area (Å²) >= 11 is 0. The number of phenolic OH excluding ortho intramolecular Hbond substituents is 1. The van der Waals surface area contributed by atoms with Gasteiger partial charge in [0.15, 0.2) is 0 Å². The number of hydrogen-bond donors (Lipinski definition) is 2. The number of para-hydroxylation sites is 1. The monoisotopic (exact) mass is 258 g/mol. The zero-order valence-electron chi connectivity index (χ0n) is 10.8. The zero-order chi connectivity index (χ0) is 13.2. The van der Waals surface area contributed by atoms with E-state index >= 15 is 0 Å². The summed E-state index contributed by atoms with van der Waals surface area (Å²) in [6.45, 7) is 1.09. The molecule has 4 heteroatoms. The second-order valence-electron chi connectivity index (χ2n) is 5.19. The van der Waals surface area contributed by atoms with Crippen molar-refractivity contribution in [2.24, 2.45) is 5.92 Å². The van der Waals surface area contributed by atoms with Crippen molar-refractivity contribution in [3.63, 3.8) is 0 Å². The molecule has 0 saturated heterocycles. The van der Waals surface area contributed by atoms with E-state index in [-0.39, 0.29) is 6.61 Å². The average Bonchev–Trinajstić information content (AvgIpc) is 2.82. The number of nitrogens with zero attached hydrogens (tertiary/aromatic N) is 2. The van der Waals surface area contributed by atoms with Gasteiger partial charge >= 0.3 is 0 Å². The Morgan fingerprint density at radius 3 is 2.95 bits per heavy atom. The molecule has 0 amide bonds. The minimum atomic E-state index is 0.242. The third-order valence-electron chi connectivity index (χ3n) is 3.76. The summed E-state index contributed by atoms with van der Waals surface area (Å²) in [6, 6.07) is 7.37. The lowest BCUT2D eigenvalue weighted by molar-refractivity contribution is 0.190. The van der Waals surface area contributed by atoms with Crippen molar-refractivity contribution >= 4 is 0 Å². The van der Waals surface area contributed by atoms with E-state index in [1.54, 1.807) is 6.07 Å². The molecule has 4 nitrogen and oxygen atoms in total. The summed E-state index contributed by atoms with van der Waals surface area (Å²) in [5.41, 5.74) is 1.88. The van der Waals surface area contributed by atoms with Gasteiger partial charge in [-0.3, -0.25) is 0 Å². The summed E-state index contributed by atoms with van der Waals surface area (Å²) in [5, 5.41) is 19.0. The molecule has 0 spiro atoms. The highest BCUT2D eigenvalue weighted by atomic mass is 16.3. The highest BCUT2D eigenvalue weighted by Crippen LogP contribution is 2.23. The Hall–Kier alpha value is -1.81. The van der Waals surface area contributed by atoms with Crippen molar-refractivity contribution in [2.45, 2.75) is 25.8 Å². The molecule has 2 heterocycles. The number of aryl methyl sites for hydroxylation is 1. The normalized spacial score (nSPS) is 18.3. The van der Waals surface area contributed by atoms with E-state index in [0.717, 1.165) is 36.5 Å². The fraction of sp³-hybridized carbons (Fsp3) is 0.400. The van der Waals surface area contributed by atoms with Crippen LogP contribution in [-0.2, 0) is 19.4 Å². The molecule has 19 heavy (non-hydrogen) atoms. The van der Waals surface area contributed by atoms with Gasteiger partial charge in [-0.25, -0.2) is 4.98 Å². The molecule has 1 aromatic carbocycles. The standard InChI is InChI=1S/C15H18N2O2/c18-10-11-5-6-15-16-13(9-17(15)8-11)7-12-3-1-2-4-14(12)19/h1-4,9,11,18-19H,5-8,10H2. The van der Waals surface area contributed by atoms with Gasteiger partial charge in [0.05, 0.1) is 5.69 Å². The van der Waals surface area contributed by atoms with Crippen LogP contribution in [0, 0.1) is 5.92 Å². The highest BCUT2D eigenvalue weighted by molar-refractivity contribution is 5.34. The molecule has 1 aromatic heterocycles. The van der Waals surface area contributed by atoms with Crippen LogP contribution < -0.4 is 0 Å². The van der Waals surface area contributed by atoms with Gasteiger partial charge in [-0.2, -0.15) is 0 Å². The SMILES string of the molecule is OCC1CCc2nc(Cc3ccccc3O)cn2C1. The lowest BCUT2D eigenvalue weighted by atomic mass is 10.0. The Kier molecular flexibility index (Phi) is 3.25. The molecule has 0 radical (unpaired) electrons. The molecule has 1 atom stereocenters. The third-order valence-corrected chi connectivity index (χ3v) is 3.76. The summed E-state index contributed by atoms with van der Waals surface area (Å²) in [5.74, 6) is 1.76. The molecule has 1 aliphatic rings. The van der Waals surface area contributed by atoms with Crippen molar-refractivity contribution in [1.82, 2.24) is 9.55 Å². The Morgan fingerprint density at radius 1 is 1.32 bits per heavy atom. The van der Waals surface area contributed by atoms with E-state index < -0.39 is 0 Å². The van der Waals surface area contributed by atoms with Crippen LogP contribution in [0.25, 0.3) is 0 Å². The predicted molar refractivity (Wildman–Crippen MR) is 72.0 cm³/mol. The van der Waals surface area contributed by atoms with Gasteiger partial charge in [-0.05, 0) is 18.1 Å². The van der Waals surface area contributed by atoms with Gasteiger partial charge in [0.25, 0.3) is 0 Å². The van der Waals surface area contributed by atoms with E-state index in [2.05, 4.69) is 9.55 Å². The Labute approximate surface area is 112 Å². The number of fused-ring (bicyclic) bond motifs is 1. The van der Waals surface area contributed by atoms with Crippen LogP contribution in [0.4, 0.5) is 0 Å². The van der Waals surface area contributed by atoms with Gasteiger partial charge < -0.3 is 14.8 Å². The molecule has 0 fully saturated rings. The largest absolute Gasteiger partial charge is 0.508 e. The molecule has 100 valence electrons. The van der Waals surface area contributed by atoms with E-state index in [1.165, 1.54) is 0 Å².